The fourth-order valence-corrected chi connectivity index (χ4v) is 9.51. The molecule has 3 aliphatic carbocycles. The molecule has 2 unspecified atom stereocenters. The van der Waals surface area contributed by atoms with Crippen LogP contribution in [0.2, 0.25) is 0 Å². The van der Waals surface area contributed by atoms with Gasteiger partial charge in [0.2, 0.25) is 5.90 Å². The zero-order valence-corrected chi connectivity index (χ0v) is 30.1. The molecule has 5 nitrogen and oxygen atoms in total. The highest BCUT2D eigenvalue weighted by molar-refractivity contribution is 6.26. The number of allylic oxidation sites excluding steroid dienone is 4. The molecule has 0 saturated carbocycles. The van der Waals surface area contributed by atoms with Crippen LogP contribution < -0.4 is 4.74 Å². The highest BCUT2D eigenvalue weighted by Crippen LogP contribution is 2.51. The van der Waals surface area contributed by atoms with Crippen LogP contribution in [0.25, 0.3) is 55.5 Å². The number of fused-ring (bicyclic) bond motifs is 10. The molecule has 0 N–H and O–H groups in total. The maximum Gasteiger partial charge on any atom is 0.226 e. The van der Waals surface area contributed by atoms with Gasteiger partial charge in [-0.15, -0.1) is 0 Å². The standard InChI is InChI=1S/C49H36N4O/c1-49(2)39-17-8-6-14-33(39)37-27-38-46-41(19-11-25-51-46)53(47(38)35-16-10-18-40(49)43(35)37)28-52-48-44(34-15-7-9-20-42(34)54-48)45(50-3)31-24-23-30-22-21-29-12-4-5-13-32(29)36(30)26-31/h4-27,30,36H,3,28H2,1-2H3/b45-44-,52-48+. The minimum Gasteiger partial charge on any atom is -0.438 e. The topological polar surface area (TPSA) is 51.8 Å². The first kappa shape index (κ1) is 31.0. The molecule has 0 radical (unpaired) electrons. The molecule has 2 atom stereocenters. The Kier molecular flexibility index (Phi) is 6.57. The van der Waals surface area contributed by atoms with Crippen LogP contribution >= 0.6 is 0 Å². The number of rotatable bonds is 4. The minimum atomic E-state index is -0.151. The summed E-state index contributed by atoms with van der Waals surface area (Å²) >= 11 is 0. The lowest BCUT2D eigenvalue weighted by atomic mass is 9.68. The number of pyridine rings is 1. The molecule has 0 amide bonds. The molecule has 3 heterocycles. The lowest BCUT2D eigenvalue weighted by Gasteiger charge is -2.35. The fraction of sp³-hybridized carbons (Fsp3) is 0.122. The molecule has 4 aliphatic rings. The average molecular weight is 697 g/mol. The molecule has 5 heteroatoms. The van der Waals surface area contributed by atoms with Crippen molar-refractivity contribution in [2.75, 3.05) is 0 Å². The van der Waals surface area contributed by atoms with Crippen molar-refractivity contribution in [3.8, 4) is 16.9 Å². The number of benzene rings is 5. The predicted molar refractivity (Wildman–Crippen MR) is 222 cm³/mol. The van der Waals surface area contributed by atoms with E-state index in [4.69, 9.17) is 19.7 Å². The zero-order valence-electron chi connectivity index (χ0n) is 30.1. The molecule has 11 rings (SSSR count). The summed E-state index contributed by atoms with van der Waals surface area (Å²) < 4.78 is 8.92. The van der Waals surface area contributed by atoms with E-state index in [9.17, 15) is 0 Å². The third kappa shape index (κ3) is 4.29. The second kappa shape index (κ2) is 11.5. The van der Waals surface area contributed by atoms with Crippen molar-refractivity contribution in [1.29, 1.82) is 0 Å². The summed E-state index contributed by atoms with van der Waals surface area (Å²) in [6.07, 6.45) is 13.2. The Morgan fingerprint density at radius 2 is 1.61 bits per heavy atom. The summed E-state index contributed by atoms with van der Waals surface area (Å²) in [5.41, 5.74) is 14.4. The minimum absolute atomic E-state index is 0.151. The Morgan fingerprint density at radius 3 is 2.52 bits per heavy atom. The highest BCUT2D eigenvalue weighted by Gasteiger charge is 2.35. The van der Waals surface area contributed by atoms with Crippen LogP contribution in [-0.2, 0) is 12.1 Å². The van der Waals surface area contributed by atoms with Crippen molar-refractivity contribution in [1.82, 2.24) is 9.55 Å². The summed E-state index contributed by atoms with van der Waals surface area (Å²) in [5, 5.41) is 3.62. The summed E-state index contributed by atoms with van der Waals surface area (Å²) in [4.78, 5) is 15.0. The van der Waals surface area contributed by atoms with Crippen LogP contribution in [-0.4, -0.2) is 22.2 Å². The van der Waals surface area contributed by atoms with Gasteiger partial charge in [-0.05, 0) is 75.3 Å². The molecule has 0 saturated heterocycles. The summed E-state index contributed by atoms with van der Waals surface area (Å²) in [6.45, 7) is 9.11. The number of para-hydroxylation sites is 1. The Bertz CT molecular complexity index is 2950. The van der Waals surface area contributed by atoms with Gasteiger partial charge in [-0.25, -0.2) is 4.99 Å². The highest BCUT2D eigenvalue weighted by atomic mass is 16.5. The molecule has 0 fully saturated rings. The van der Waals surface area contributed by atoms with Gasteiger partial charge in [0, 0.05) is 39.8 Å². The van der Waals surface area contributed by atoms with E-state index in [1.54, 1.807) is 0 Å². The van der Waals surface area contributed by atoms with Crippen molar-refractivity contribution < 1.29 is 4.74 Å². The smallest absolute Gasteiger partial charge is 0.226 e. The van der Waals surface area contributed by atoms with E-state index < -0.39 is 0 Å². The maximum absolute atomic E-state index is 6.61. The summed E-state index contributed by atoms with van der Waals surface area (Å²) in [7, 11) is 0. The van der Waals surface area contributed by atoms with Gasteiger partial charge in [0.05, 0.1) is 27.8 Å². The first-order chi connectivity index (χ1) is 26.5. The Hall–Kier alpha value is -6.59. The molecule has 2 aromatic heterocycles. The molecule has 0 spiro atoms. The zero-order chi connectivity index (χ0) is 36.1. The van der Waals surface area contributed by atoms with Gasteiger partial charge >= 0.3 is 0 Å². The normalized spacial score (nSPS) is 20.3. The molecule has 258 valence electrons. The number of hydrogen-bond donors (Lipinski definition) is 0. The molecular weight excluding hydrogens is 661 g/mol. The number of aromatic nitrogens is 2. The van der Waals surface area contributed by atoms with Crippen LogP contribution in [0.5, 0.6) is 5.75 Å². The third-order valence-electron chi connectivity index (χ3n) is 12.0. The monoisotopic (exact) mass is 696 g/mol. The van der Waals surface area contributed by atoms with E-state index in [2.05, 4.69) is 140 Å². The van der Waals surface area contributed by atoms with Gasteiger partial charge in [-0.2, -0.15) is 0 Å². The number of nitrogens with zero attached hydrogens (tertiary/aromatic N) is 4. The SMILES string of the molecule is C=N/C(C1=CC2c3ccccc3C=CC2C=C1)=C1\C(=N/Cn2c3cccnc3c3cc4c5c(cccc5c32)C(C)(C)c2ccccc2-4)Oc2ccccc21. The van der Waals surface area contributed by atoms with Crippen LogP contribution in [0.4, 0.5) is 0 Å². The first-order valence-electron chi connectivity index (χ1n) is 18.6. The van der Waals surface area contributed by atoms with E-state index in [-0.39, 0.29) is 11.3 Å². The van der Waals surface area contributed by atoms with Crippen LogP contribution in [0, 0.1) is 5.92 Å². The Morgan fingerprint density at radius 1 is 0.815 bits per heavy atom. The average Bonchev–Trinajstić information content (AvgIpc) is 3.74. The van der Waals surface area contributed by atoms with Crippen molar-refractivity contribution in [2.45, 2.75) is 31.8 Å². The summed E-state index contributed by atoms with van der Waals surface area (Å²) in [5.74, 6) is 1.80. The van der Waals surface area contributed by atoms with Gasteiger partial charge in [-0.3, -0.25) is 9.98 Å². The molecule has 7 aromatic rings. The number of ether oxygens (including phenoxy) is 1. The van der Waals surface area contributed by atoms with Crippen molar-refractivity contribution in [2.24, 2.45) is 15.9 Å². The third-order valence-corrected chi connectivity index (χ3v) is 12.0. The lowest BCUT2D eigenvalue weighted by Crippen LogP contribution is -2.23. The number of aliphatic imine (C=N–C) groups is 2. The van der Waals surface area contributed by atoms with Gasteiger partial charge in [0.15, 0.2) is 0 Å². The molecule has 5 aromatic carbocycles. The molecule has 54 heavy (non-hydrogen) atoms. The van der Waals surface area contributed by atoms with E-state index >= 15 is 0 Å². The van der Waals surface area contributed by atoms with E-state index in [1.165, 1.54) is 44.2 Å². The van der Waals surface area contributed by atoms with Gasteiger partial charge in [-0.1, -0.05) is 129 Å². The quantitative estimate of drug-likeness (QED) is 0.172. The maximum atomic E-state index is 6.61. The Balaban J connectivity index is 1.11. The van der Waals surface area contributed by atoms with Gasteiger partial charge < -0.3 is 9.30 Å². The van der Waals surface area contributed by atoms with Crippen LogP contribution in [0.3, 0.4) is 0 Å². The first-order valence-corrected chi connectivity index (χ1v) is 18.6. The van der Waals surface area contributed by atoms with Crippen LogP contribution in [0.15, 0.2) is 161 Å². The second-order valence-electron chi connectivity index (χ2n) is 15.2. The lowest BCUT2D eigenvalue weighted by molar-refractivity contribution is 0.561. The second-order valence-corrected chi connectivity index (χ2v) is 15.2. The molecule has 0 bridgehead atoms. The fourth-order valence-electron chi connectivity index (χ4n) is 9.51. The van der Waals surface area contributed by atoms with Crippen molar-refractivity contribution in [3.63, 3.8) is 0 Å². The largest absolute Gasteiger partial charge is 0.438 e. The molecular formula is C49H36N4O. The Labute approximate surface area is 313 Å². The van der Waals surface area contributed by atoms with Crippen LogP contribution in [0.1, 0.15) is 47.6 Å². The van der Waals surface area contributed by atoms with Crippen molar-refractivity contribution >= 4 is 57.0 Å². The van der Waals surface area contributed by atoms with E-state index in [0.717, 1.165) is 50.1 Å². The van der Waals surface area contributed by atoms with Gasteiger partial charge in [0.25, 0.3) is 0 Å². The van der Waals surface area contributed by atoms with E-state index in [0.29, 0.717) is 18.5 Å². The van der Waals surface area contributed by atoms with Gasteiger partial charge in [0.1, 0.15) is 12.4 Å². The molecule has 1 aliphatic heterocycles. The predicted octanol–water partition coefficient (Wildman–Crippen LogP) is 11.4. The van der Waals surface area contributed by atoms with Crippen molar-refractivity contribution in [3.05, 3.63) is 179 Å². The summed E-state index contributed by atoms with van der Waals surface area (Å²) in [6, 6.07) is 38.9. The number of hydrogen-bond acceptors (Lipinski definition) is 4. The van der Waals surface area contributed by atoms with E-state index in [1.807, 2.05) is 30.5 Å².